The van der Waals surface area contributed by atoms with Crippen molar-refractivity contribution in [2.45, 2.75) is 6.61 Å². The van der Waals surface area contributed by atoms with Crippen LogP contribution in [-0.4, -0.2) is 17.5 Å². The van der Waals surface area contributed by atoms with Gasteiger partial charge in [-0.2, -0.15) is 0 Å². The number of halogens is 1. The zero-order valence-electron chi connectivity index (χ0n) is 13.9. The number of ether oxygens (including phenoxy) is 2. The summed E-state index contributed by atoms with van der Waals surface area (Å²) in [7, 11) is 0. The zero-order chi connectivity index (χ0) is 18.2. The van der Waals surface area contributed by atoms with Crippen LogP contribution in [0.25, 0.3) is 0 Å². The van der Waals surface area contributed by atoms with Crippen LogP contribution in [0.15, 0.2) is 72.9 Å². The van der Waals surface area contributed by atoms with Crippen LogP contribution >= 0.6 is 11.6 Å². The number of para-hydroxylation sites is 1. The van der Waals surface area contributed by atoms with E-state index in [1.54, 1.807) is 42.6 Å². The molecule has 0 saturated heterocycles. The van der Waals surface area contributed by atoms with Gasteiger partial charge >= 0.3 is 0 Å². The summed E-state index contributed by atoms with van der Waals surface area (Å²) < 4.78 is 11.2. The predicted octanol–water partition coefficient (Wildman–Crippen LogP) is 4.33. The number of rotatable bonds is 7. The molecule has 1 aromatic heterocycles. The lowest BCUT2D eigenvalue weighted by Gasteiger charge is -2.12. The highest BCUT2D eigenvalue weighted by molar-refractivity contribution is 6.32. The molecular weight excluding hydrogens is 352 g/mol. The Kier molecular flexibility index (Phi) is 6.06. The summed E-state index contributed by atoms with van der Waals surface area (Å²) in [5.41, 5.74) is 1.02. The van der Waals surface area contributed by atoms with Gasteiger partial charge in [-0.05, 0) is 29.8 Å². The number of aromatic nitrogens is 1. The summed E-state index contributed by atoms with van der Waals surface area (Å²) in [6.45, 7) is 0.198. The Labute approximate surface area is 156 Å². The maximum Gasteiger partial charge on any atom is 0.263 e. The molecule has 0 aliphatic rings. The Balaban J connectivity index is 1.59. The van der Waals surface area contributed by atoms with Gasteiger partial charge in [0.15, 0.2) is 18.2 Å². The number of carbonyl (C=O) groups excluding carboxylic acids is 1. The van der Waals surface area contributed by atoms with Gasteiger partial charge in [-0.15, -0.1) is 0 Å². The molecule has 0 radical (unpaired) electrons. The van der Waals surface area contributed by atoms with E-state index in [0.29, 0.717) is 28.9 Å². The van der Waals surface area contributed by atoms with Gasteiger partial charge in [0.25, 0.3) is 5.91 Å². The Morgan fingerprint density at radius 3 is 2.46 bits per heavy atom. The van der Waals surface area contributed by atoms with Gasteiger partial charge in [0.05, 0.1) is 5.02 Å². The average molecular weight is 369 g/mol. The van der Waals surface area contributed by atoms with Crippen LogP contribution < -0.4 is 14.8 Å². The highest BCUT2D eigenvalue weighted by Crippen LogP contribution is 2.24. The molecule has 26 heavy (non-hydrogen) atoms. The third-order valence-electron chi connectivity index (χ3n) is 3.46. The molecule has 0 atom stereocenters. The average Bonchev–Trinajstić information content (AvgIpc) is 2.67. The molecule has 0 aliphatic carbocycles. The minimum atomic E-state index is -0.354. The van der Waals surface area contributed by atoms with Crippen molar-refractivity contribution in [3.63, 3.8) is 0 Å². The lowest BCUT2D eigenvalue weighted by molar-refractivity contribution is -0.118. The molecule has 3 rings (SSSR count). The molecule has 6 heteroatoms. The number of anilines is 1. The standard InChI is InChI=1S/C20H17ClN2O3/c21-16-9-4-5-10-17(16)26-14-19(24)23-20-18(11-6-12-22-20)25-13-15-7-2-1-3-8-15/h1-12H,13-14H2,(H,22,23,24). The van der Waals surface area contributed by atoms with Gasteiger partial charge in [0.1, 0.15) is 12.4 Å². The van der Waals surface area contributed by atoms with Crippen molar-refractivity contribution in [1.82, 2.24) is 4.98 Å². The number of pyridine rings is 1. The summed E-state index contributed by atoms with van der Waals surface area (Å²) in [4.78, 5) is 16.3. The Morgan fingerprint density at radius 1 is 0.923 bits per heavy atom. The normalized spacial score (nSPS) is 10.2. The topological polar surface area (TPSA) is 60.5 Å². The Bertz CT molecular complexity index is 872. The summed E-state index contributed by atoms with van der Waals surface area (Å²) in [5.74, 6) is 0.928. The van der Waals surface area contributed by atoms with Crippen molar-refractivity contribution in [3.05, 3.63) is 83.5 Å². The van der Waals surface area contributed by atoms with Crippen molar-refractivity contribution in [3.8, 4) is 11.5 Å². The largest absolute Gasteiger partial charge is 0.485 e. The molecule has 2 aromatic carbocycles. The van der Waals surface area contributed by atoms with E-state index in [1.165, 1.54) is 0 Å². The molecule has 0 unspecified atom stereocenters. The van der Waals surface area contributed by atoms with Crippen LogP contribution in [0.4, 0.5) is 5.82 Å². The molecule has 0 fully saturated rings. The summed E-state index contributed by atoms with van der Waals surface area (Å²) in [5, 5.41) is 3.14. The maximum absolute atomic E-state index is 12.1. The zero-order valence-corrected chi connectivity index (χ0v) is 14.6. The fourth-order valence-corrected chi connectivity index (χ4v) is 2.40. The first-order chi connectivity index (χ1) is 12.7. The van der Waals surface area contributed by atoms with E-state index >= 15 is 0 Å². The highest BCUT2D eigenvalue weighted by Gasteiger charge is 2.11. The maximum atomic E-state index is 12.1. The van der Waals surface area contributed by atoms with Crippen molar-refractivity contribution < 1.29 is 14.3 Å². The van der Waals surface area contributed by atoms with E-state index in [4.69, 9.17) is 21.1 Å². The summed E-state index contributed by atoms with van der Waals surface area (Å²) >= 11 is 6.00. The lowest BCUT2D eigenvalue weighted by atomic mass is 10.2. The van der Waals surface area contributed by atoms with E-state index in [0.717, 1.165) is 5.56 Å². The van der Waals surface area contributed by atoms with Crippen LogP contribution in [-0.2, 0) is 11.4 Å². The monoisotopic (exact) mass is 368 g/mol. The second-order valence-corrected chi connectivity index (χ2v) is 5.80. The molecule has 0 spiro atoms. The smallest absolute Gasteiger partial charge is 0.263 e. The SMILES string of the molecule is O=C(COc1ccccc1Cl)Nc1ncccc1OCc1ccccc1. The molecule has 1 heterocycles. The van der Waals surface area contributed by atoms with Crippen molar-refractivity contribution >= 4 is 23.3 Å². The molecule has 3 aromatic rings. The number of amides is 1. The summed E-state index contributed by atoms with van der Waals surface area (Å²) in [6, 6.07) is 20.2. The van der Waals surface area contributed by atoms with Crippen LogP contribution in [0.5, 0.6) is 11.5 Å². The van der Waals surface area contributed by atoms with E-state index in [-0.39, 0.29) is 12.5 Å². The van der Waals surface area contributed by atoms with Gasteiger partial charge in [-0.25, -0.2) is 4.98 Å². The van der Waals surface area contributed by atoms with Gasteiger partial charge in [-0.1, -0.05) is 54.1 Å². The van der Waals surface area contributed by atoms with Crippen LogP contribution in [0.2, 0.25) is 5.02 Å². The van der Waals surface area contributed by atoms with E-state index in [9.17, 15) is 4.79 Å². The molecule has 0 aliphatic heterocycles. The van der Waals surface area contributed by atoms with Crippen LogP contribution in [0.3, 0.4) is 0 Å². The number of hydrogen-bond donors (Lipinski definition) is 1. The minimum Gasteiger partial charge on any atom is -0.485 e. The quantitative estimate of drug-likeness (QED) is 0.674. The molecule has 0 bridgehead atoms. The molecular formula is C20H17ClN2O3. The summed E-state index contributed by atoms with van der Waals surface area (Å²) in [6.07, 6.45) is 1.58. The van der Waals surface area contributed by atoms with Gasteiger partial charge in [0, 0.05) is 6.20 Å². The predicted molar refractivity (Wildman–Crippen MR) is 101 cm³/mol. The number of nitrogens with one attached hydrogen (secondary N) is 1. The van der Waals surface area contributed by atoms with Gasteiger partial charge in [0.2, 0.25) is 0 Å². The van der Waals surface area contributed by atoms with Crippen molar-refractivity contribution in [1.29, 1.82) is 0 Å². The molecule has 1 N–H and O–H groups in total. The first-order valence-corrected chi connectivity index (χ1v) is 8.39. The van der Waals surface area contributed by atoms with Gasteiger partial charge in [-0.3, -0.25) is 4.79 Å². The van der Waals surface area contributed by atoms with E-state index < -0.39 is 0 Å². The lowest BCUT2D eigenvalue weighted by Crippen LogP contribution is -2.21. The third-order valence-corrected chi connectivity index (χ3v) is 3.77. The number of nitrogens with zero attached hydrogens (tertiary/aromatic N) is 1. The second-order valence-electron chi connectivity index (χ2n) is 5.39. The fraction of sp³-hybridized carbons (Fsp3) is 0.100. The number of benzene rings is 2. The molecule has 0 saturated carbocycles. The molecule has 1 amide bonds. The number of carbonyl (C=O) groups is 1. The fourth-order valence-electron chi connectivity index (χ4n) is 2.21. The Morgan fingerprint density at radius 2 is 1.65 bits per heavy atom. The van der Waals surface area contributed by atoms with Crippen molar-refractivity contribution in [2.24, 2.45) is 0 Å². The minimum absolute atomic E-state index is 0.182. The molecule has 132 valence electrons. The van der Waals surface area contributed by atoms with Crippen molar-refractivity contribution in [2.75, 3.05) is 11.9 Å². The van der Waals surface area contributed by atoms with E-state index in [1.807, 2.05) is 30.3 Å². The third kappa shape index (κ3) is 4.97. The number of hydrogen-bond acceptors (Lipinski definition) is 4. The Hall–Kier alpha value is -3.05. The molecule has 5 nitrogen and oxygen atoms in total. The first-order valence-electron chi connectivity index (χ1n) is 8.01. The van der Waals surface area contributed by atoms with Gasteiger partial charge < -0.3 is 14.8 Å². The van der Waals surface area contributed by atoms with Crippen LogP contribution in [0, 0.1) is 0 Å². The highest BCUT2D eigenvalue weighted by atomic mass is 35.5. The van der Waals surface area contributed by atoms with Crippen LogP contribution in [0.1, 0.15) is 5.56 Å². The second kappa shape index (κ2) is 8.87. The van der Waals surface area contributed by atoms with E-state index in [2.05, 4.69) is 10.3 Å². The first kappa shape index (κ1) is 17.8.